The van der Waals surface area contributed by atoms with Gasteiger partial charge in [-0.15, -0.1) is 5.10 Å². The van der Waals surface area contributed by atoms with Crippen LogP contribution in [0.15, 0.2) is 71.9 Å². The van der Waals surface area contributed by atoms with Crippen molar-refractivity contribution >= 4 is 17.3 Å². The van der Waals surface area contributed by atoms with Crippen molar-refractivity contribution in [3.05, 3.63) is 99.9 Å². The Morgan fingerprint density at radius 2 is 2.05 bits per heavy atom. The average molecular weight is 587 g/mol. The number of alkyl halides is 2. The zero-order valence-electron chi connectivity index (χ0n) is 21.8. The predicted molar refractivity (Wildman–Crippen MR) is 150 cm³/mol. The molecule has 1 aliphatic carbocycles. The van der Waals surface area contributed by atoms with Crippen LogP contribution in [0.1, 0.15) is 42.1 Å². The third-order valence-electron chi connectivity index (χ3n) is 7.93. The lowest BCUT2D eigenvalue weighted by atomic mass is 10.1. The van der Waals surface area contributed by atoms with E-state index in [1.807, 2.05) is 18.2 Å². The molecule has 2 aliphatic heterocycles. The summed E-state index contributed by atoms with van der Waals surface area (Å²) in [5, 5.41) is 11.0. The number of rotatable bonds is 5. The molecule has 3 atom stereocenters. The van der Waals surface area contributed by atoms with Crippen molar-refractivity contribution in [2.24, 2.45) is 5.92 Å². The molecule has 0 radical (unpaired) electrons. The zero-order valence-corrected chi connectivity index (χ0v) is 22.5. The van der Waals surface area contributed by atoms with Crippen LogP contribution in [0.25, 0.3) is 28.2 Å². The number of H-pyrrole nitrogens is 1. The number of nitrogens with zero attached hydrogens (tertiary/aromatic N) is 6. The molecule has 5 aromatic rings. The molecule has 0 bridgehead atoms. The van der Waals surface area contributed by atoms with Crippen molar-refractivity contribution in [3.8, 4) is 34.0 Å². The number of anilines is 1. The molecule has 0 amide bonds. The predicted octanol–water partition coefficient (Wildman–Crippen LogP) is 5.50. The van der Waals surface area contributed by atoms with Crippen LogP contribution in [0.2, 0.25) is 5.02 Å². The van der Waals surface area contributed by atoms with Crippen LogP contribution in [0, 0.1) is 5.92 Å². The fourth-order valence-corrected chi connectivity index (χ4v) is 6.08. The van der Waals surface area contributed by atoms with Crippen LogP contribution in [0.5, 0.6) is 5.75 Å². The molecule has 1 saturated carbocycles. The van der Waals surface area contributed by atoms with Gasteiger partial charge in [0, 0.05) is 33.8 Å². The number of imidazole rings is 1. The first-order valence-electron chi connectivity index (χ1n) is 13.2. The Morgan fingerprint density at radius 1 is 1.17 bits per heavy atom. The van der Waals surface area contributed by atoms with Crippen LogP contribution in [0.4, 0.5) is 14.5 Å². The molecule has 42 heavy (non-hydrogen) atoms. The second kappa shape index (κ2) is 9.08. The summed E-state index contributed by atoms with van der Waals surface area (Å²) in [5.74, 6) is 2.37. The topological polar surface area (TPSA) is 116 Å². The molecule has 2 aromatic carbocycles. The summed E-state index contributed by atoms with van der Waals surface area (Å²) in [6, 6.07) is 11.9. The summed E-state index contributed by atoms with van der Waals surface area (Å²) in [4.78, 5) is 26.6. The summed E-state index contributed by atoms with van der Waals surface area (Å²) >= 11 is 6.30. The number of hydrogen-bond acceptors (Lipinski definition) is 7. The highest BCUT2D eigenvalue weighted by Gasteiger charge is 2.55. The van der Waals surface area contributed by atoms with Crippen molar-refractivity contribution in [2.75, 3.05) is 11.9 Å². The van der Waals surface area contributed by atoms with Crippen molar-refractivity contribution in [1.29, 1.82) is 0 Å². The fourth-order valence-electron chi connectivity index (χ4n) is 5.91. The van der Waals surface area contributed by atoms with Gasteiger partial charge >= 0.3 is 0 Å². The average Bonchev–Trinajstić information content (AvgIpc) is 3.30. The minimum atomic E-state index is -2.76. The normalized spacial score (nSPS) is 20.1. The van der Waals surface area contributed by atoms with E-state index >= 15 is 0 Å². The maximum atomic E-state index is 13.6. The van der Waals surface area contributed by atoms with E-state index in [-0.39, 0.29) is 23.4 Å². The standard InChI is InChI=1S/C29H21ClF2N8O2/c1-13-12-42-24-6-14(2-4-19(24)34-13)21-10-33-28(35-21)26-16-8-17(16)29-36-20(9-25(41)40(26)29)18-7-15(30)3-5-23(18)39-11-22(27(31)32)37-38-39/h2-7,9-11,16-17,26-27,34H,1,8,12H2,(H,33,35). The van der Waals surface area contributed by atoms with E-state index in [9.17, 15) is 13.6 Å². The number of benzene rings is 2. The fraction of sp³-hybridized carbons (Fsp3) is 0.207. The van der Waals surface area contributed by atoms with Crippen LogP contribution >= 0.6 is 11.6 Å². The molecular formula is C29H21ClF2N8O2. The Hall–Kier alpha value is -4.84. The summed E-state index contributed by atoms with van der Waals surface area (Å²) < 4.78 is 35.1. The van der Waals surface area contributed by atoms with Gasteiger partial charge < -0.3 is 15.0 Å². The van der Waals surface area contributed by atoms with E-state index in [1.54, 1.807) is 29.0 Å². The van der Waals surface area contributed by atoms with E-state index in [2.05, 4.69) is 32.2 Å². The second-order valence-corrected chi connectivity index (χ2v) is 11.1. The van der Waals surface area contributed by atoms with E-state index in [4.69, 9.17) is 21.3 Å². The first-order valence-corrected chi connectivity index (χ1v) is 13.6. The van der Waals surface area contributed by atoms with Crippen LogP contribution in [-0.4, -0.2) is 41.1 Å². The van der Waals surface area contributed by atoms with Crippen LogP contribution in [-0.2, 0) is 0 Å². The Morgan fingerprint density at radius 3 is 2.88 bits per heavy atom. The monoisotopic (exact) mass is 586 g/mol. The van der Waals surface area contributed by atoms with E-state index in [0.717, 1.165) is 41.0 Å². The number of nitrogens with one attached hydrogen (secondary N) is 2. The maximum absolute atomic E-state index is 13.6. The molecule has 1 fully saturated rings. The number of aromatic nitrogens is 7. The third kappa shape index (κ3) is 3.93. The molecule has 13 heteroatoms. The Bertz CT molecular complexity index is 1980. The van der Waals surface area contributed by atoms with E-state index < -0.39 is 12.1 Å². The zero-order chi connectivity index (χ0) is 28.7. The smallest absolute Gasteiger partial charge is 0.283 e. The first kappa shape index (κ1) is 24.9. The molecule has 3 aromatic heterocycles. The molecule has 3 aliphatic rings. The summed E-state index contributed by atoms with van der Waals surface area (Å²) in [7, 11) is 0. The lowest BCUT2D eigenvalue weighted by Gasteiger charge is -2.21. The Kier molecular flexibility index (Phi) is 5.39. The molecule has 3 unspecified atom stereocenters. The van der Waals surface area contributed by atoms with Gasteiger partial charge in [-0.2, -0.15) is 0 Å². The van der Waals surface area contributed by atoms with Gasteiger partial charge in [0.1, 0.15) is 29.7 Å². The van der Waals surface area contributed by atoms with Crippen LogP contribution in [0.3, 0.4) is 0 Å². The van der Waals surface area contributed by atoms with Crippen LogP contribution < -0.4 is 15.6 Å². The van der Waals surface area contributed by atoms with Gasteiger partial charge in [0.25, 0.3) is 12.0 Å². The molecule has 8 rings (SSSR count). The molecular weight excluding hydrogens is 566 g/mol. The molecule has 5 heterocycles. The SMILES string of the molecule is C=C1COc2cc(-c3cnc(C4C5CC5c5nc(-c6cc(Cl)ccc6-n6cc(C(F)F)nn6)cc(=O)n54)[nH]3)ccc2N1. The van der Waals surface area contributed by atoms with Gasteiger partial charge in [0.15, 0.2) is 0 Å². The lowest BCUT2D eigenvalue weighted by Crippen LogP contribution is -2.27. The summed E-state index contributed by atoms with van der Waals surface area (Å²) in [6.07, 6.45) is 1.03. The number of fused-ring (bicyclic) bond motifs is 4. The van der Waals surface area contributed by atoms with Gasteiger partial charge in [-0.1, -0.05) is 29.5 Å². The number of hydrogen-bond donors (Lipinski definition) is 2. The second-order valence-electron chi connectivity index (χ2n) is 10.6. The van der Waals surface area contributed by atoms with Gasteiger partial charge in [-0.3, -0.25) is 9.36 Å². The Labute approximate surface area is 241 Å². The largest absolute Gasteiger partial charge is 0.485 e. The molecule has 0 saturated heterocycles. The van der Waals surface area contributed by atoms with E-state index in [0.29, 0.717) is 40.2 Å². The first-order chi connectivity index (χ1) is 20.3. The minimum absolute atomic E-state index is 0.104. The maximum Gasteiger partial charge on any atom is 0.283 e. The highest BCUT2D eigenvalue weighted by molar-refractivity contribution is 6.31. The number of halogens is 3. The van der Waals surface area contributed by atoms with Gasteiger partial charge in [0.2, 0.25) is 0 Å². The summed E-state index contributed by atoms with van der Waals surface area (Å²) in [5.41, 5.74) is 3.98. The Balaban J connectivity index is 1.16. The van der Waals surface area contributed by atoms with Gasteiger partial charge in [0.05, 0.1) is 41.2 Å². The number of ether oxygens (including phenoxy) is 1. The third-order valence-corrected chi connectivity index (χ3v) is 8.17. The highest BCUT2D eigenvalue weighted by atomic mass is 35.5. The van der Waals surface area contributed by atoms with Gasteiger partial charge in [-0.05, 0) is 42.7 Å². The van der Waals surface area contributed by atoms with Crippen molar-refractivity contribution in [2.45, 2.75) is 24.8 Å². The van der Waals surface area contributed by atoms with E-state index in [1.165, 1.54) is 10.7 Å². The highest BCUT2D eigenvalue weighted by Crippen LogP contribution is 2.59. The van der Waals surface area contributed by atoms with Crippen molar-refractivity contribution in [3.63, 3.8) is 0 Å². The molecule has 0 spiro atoms. The quantitative estimate of drug-likeness (QED) is 0.279. The minimum Gasteiger partial charge on any atom is -0.485 e. The molecule has 10 nitrogen and oxygen atoms in total. The van der Waals surface area contributed by atoms with Gasteiger partial charge in [-0.25, -0.2) is 23.4 Å². The lowest BCUT2D eigenvalue weighted by molar-refractivity contribution is 0.146. The number of aromatic amines is 1. The molecule has 2 N–H and O–H groups in total. The summed E-state index contributed by atoms with van der Waals surface area (Å²) in [6.45, 7) is 4.31. The molecule has 210 valence electrons. The van der Waals surface area contributed by atoms with Crippen molar-refractivity contribution in [1.82, 2.24) is 34.5 Å². The van der Waals surface area contributed by atoms with Crippen molar-refractivity contribution < 1.29 is 13.5 Å².